The number of hydrogen-bond donors (Lipinski definition) is 0. The van der Waals surface area contributed by atoms with E-state index in [2.05, 4.69) is 39.7 Å². The van der Waals surface area contributed by atoms with E-state index in [0.717, 1.165) is 5.57 Å². The van der Waals surface area contributed by atoms with Gasteiger partial charge in [0.25, 0.3) is 0 Å². The SMILES string of the molecule is C=C(C)C=C(SC)C(C)(C)C. The van der Waals surface area contributed by atoms with Crippen molar-refractivity contribution in [3.63, 3.8) is 0 Å². The Bertz CT molecular complexity index is 170. The Kier molecular flexibility index (Phi) is 3.95. The second-order valence-electron chi connectivity index (χ2n) is 3.81. The average Bonchev–Trinajstić information content (AvgIpc) is 1.79. The normalized spacial score (nSPS) is 13.4. The van der Waals surface area contributed by atoms with Crippen LogP contribution < -0.4 is 0 Å². The minimum Gasteiger partial charge on any atom is -0.133 e. The Morgan fingerprint density at radius 2 is 1.82 bits per heavy atom. The molecular weight excluding hydrogens is 152 g/mol. The Labute approximate surface area is 74.8 Å². The predicted octanol–water partition coefficient (Wildman–Crippen LogP) is 3.86. The van der Waals surface area contributed by atoms with E-state index >= 15 is 0 Å². The molecule has 0 aliphatic carbocycles. The van der Waals surface area contributed by atoms with Crippen LogP contribution in [-0.2, 0) is 0 Å². The largest absolute Gasteiger partial charge is 0.133 e. The molecule has 0 aliphatic heterocycles. The molecule has 0 unspecified atom stereocenters. The van der Waals surface area contributed by atoms with Crippen LogP contribution in [0.2, 0.25) is 0 Å². The van der Waals surface area contributed by atoms with Gasteiger partial charge in [-0.1, -0.05) is 32.9 Å². The molecule has 0 atom stereocenters. The van der Waals surface area contributed by atoms with Gasteiger partial charge in [-0.25, -0.2) is 0 Å². The lowest BCUT2D eigenvalue weighted by Gasteiger charge is -2.21. The van der Waals surface area contributed by atoms with Crippen LogP contribution in [-0.4, -0.2) is 6.26 Å². The Morgan fingerprint density at radius 1 is 1.36 bits per heavy atom. The van der Waals surface area contributed by atoms with Crippen molar-refractivity contribution >= 4 is 11.8 Å². The fourth-order valence-corrected chi connectivity index (χ4v) is 1.74. The molecule has 1 heteroatoms. The van der Waals surface area contributed by atoms with Crippen molar-refractivity contribution in [2.24, 2.45) is 5.41 Å². The van der Waals surface area contributed by atoms with Crippen LogP contribution >= 0.6 is 11.8 Å². The van der Waals surface area contributed by atoms with Crippen LogP contribution in [0.25, 0.3) is 0 Å². The summed E-state index contributed by atoms with van der Waals surface area (Å²) >= 11 is 1.81. The first-order valence-electron chi connectivity index (χ1n) is 3.79. The summed E-state index contributed by atoms with van der Waals surface area (Å²) in [4.78, 5) is 1.39. The number of thioether (sulfide) groups is 1. The third kappa shape index (κ3) is 4.31. The zero-order valence-electron chi connectivity index (χ0n) is 8.19. The molecule has 0 amide bonds. The van der Waals surface area contributed by atoms with Crippen LogP contribution in [0, 0.1) is 5.41 Å². The van der Waals surface area contributed by atoms with Gasteiger partial charge in [-0.15, -0.1) is 11.8 Å². The Hall–Kier alpha value is -0.170. The van der Waals surface area contributed by atoms with Crippen LogP contribution in [0.3, 0.4) is 0 Å². The fourth-order valence-electron chi connectivity index (χ4n) is 0.805. The molecule has 0 rings (SSSR count). The van der Waals surface area contributed by atoms with Crippen molar-refractivity contribution in [2.45, 2.75) is 27.7 Å². The van der Waals surface area contributed by atoms with Crippen molar-refractivity contribution < 1.29 is 0 Å². The summed E-state index contributed by atoms with van der Waals surface area (Å²) in [6.45, 7) is 12.6. The summed E-state index contributed by atoms with van der Waals surface area (Å²) in [7, 11) is 0. The molecular formula is C10H18S. The van der Waals surface area contributed by atoms with E-state index in [1.807, 2.05) is 6.92 Å². The van der Waals surface area contributed by atoms with E-state index in [1.54, 1.807) is 11.8 Å². The Morgan fingerprint density at radius 3 is 1.91 bits per heavy atom. The maximum Gasteiger partial charge on any atom is -0.00720 e. The molecule has 0 radical (unpaired) electrons. The van der Waals surface area contributed by atoms with Crippen molar-refractivity contribution in [2.75, 3.05) is 6.26 Å². The molecule has 11 heavy (non-hydrogen) atoms. The van der Waals surface area contributed by atoms with E-state index in [-0.39, 0.29) is 5.41 Å². The summed E-state index contributed by atoms with van der Waals surface area (Å²) in [6.07, 6.45) is 4.27. The van der Waals surface area contributed by atoms with Gasteiger partial charge in [0.05, 0.1) is 0 Å². The van der Waals surface area contributed by atoms with E-state index in [1.165, 1.54) is 4.91 Å². The maximum atomic E-state index is 3.87. The van der Waals surface area contributed by atoms with Gasteiger partial charge in [-0.3, -0.25) is 0 Å². The number of allylic oxidation sites excluding steroid dienone is 3. The van der Waals surface area contributed by atoms with E-state index in [9.17, 15) is 0 Å². The summed E-state index contributed by atoms with van der Waals surface area (Å²) in [5.74, 6) is 0. The molecule has 64 valence electrons. The first-order valence-corrected chi connectivity index (χ1v) is 5.02. The molecule has 0 saturated carbocycles. The van der Waals surface area contributed by atoms with Crippen LogP contribution in [0.15, 0.2) is 23.1 Å². The van der Waals surface area contributed by atoms with Gasteiger partial charge in [0.1, 0.15) is 0 Å². The molecule has 0 aromatic heterocycles. The molecule has 0 N–H and O–H groups in total. The zero-order valence-corrected chi connectivity index (χ0v) is 9.01. The molecule has 0 fully saturated rings. The van der Waals surface area contributed by atoms with Gasteiger partial charge in [-0.05, 0) is 29.6 Å². The highest BCUT2D eigenvalue weighted by Crippen LogP contribution is 2.33. The molecule has 0 aromatic rings. The standard InChI is InChI=1S/C10H18S/c1-8(2)7-9(11-6)10(3,4)5/h7H,1H2,2-6H3. The maximum absolute atomic E-state index is 3.87. The quantitative estimate of drug-likeness (QED) is 0.567. The molecule has 0 nitrogen and oxygen atoms in total. The zero-order chi connectivity index (χ0) is 9.07. The van der Waals surface area contributed by atoms with Gasteiger partial charge in [0.15, 0.2) is 0 Å². The average molecular weight is 170 g/mol. The smallest absolute Gasteiger partial charge is 0.00720 e. The molecule has 0 saturated heterocycles. The van der Waals surface area contributed by atoms with E-state index in [4.69, 9.17) is 0 Å². The van der Waals surface area contributed by atoms with E-state index in [0.29, 0.717) is 0 Å². The fraction of sp³-hybridized carbons (Fsp3) is 0.600. The summed E-state index contributed by atoms with van der Waals surface area (Å²) < 4.78 is 0. The van der Waals surface area contributed by atoms with Crippen molar-refractivity contribution in [1.29, 1.82) is 0 Å². The van der Waals surface area contributed by atoms with Crippen LogP contribution in [0.1, 0.15) is 27.7 Å². The summed E-state index contributed by atoms with van der Waals surface area (Å²) in [6, 6.07) is 0. The Balaban J connectivity index is 4.54. The van der Waals surface area contributed by atoms with Crippen molar-refractivity contribution in [1.82, 2.24) is 0 Å². The minimum absolute atomic E-state index is 0.262. The minimum atomic E-state index is 0.262. The van der Waals surface area contributed by atoms with Crippen molar-refractivity contribution in [3.05, 3.63) is 23.1 Å². The van der Waals surface area contributed by atoms with Crippen molar-refractivity contribution in [3.8, 4) is 0 Å². The van der Waals surface area contributed by atoms with Gasteiger partial charge in [-0.2, -0.15) is 0 Å². The lowest BCUT2D eigenvalue weighted by Crippen LogP contribution is -2.06. The third-order valence-electron chi connectivity index (χ3n) is 1.34. The highest BCUT2D eigenvalue weighted by molar-refractivity contribution is 8.02. The van der Waals surface area contributed by atoms with Crippen LogP contribution in [0.5, 0.6) is 0 Å². The monoisotopic (exact) mass is 170 g/mol. The first-order chi connectivity index (χ1) is 4.88. The topological polar surface area (TPSA) is 0 Å². The number of rotatable bonds is 2. The third-order valence-corrected chi connectivity index (χ3v) is 2.51. The second-order valence-corrected chi connectivity index (χ2v) is 4.66. The lowest BCUT2D eigenvalue weighted by molar-refractivity contribution is 0.533. The predicted molar refractivity (Wildman–Crippen MR) is 55.9 cm³/mol. The molecule has 0 aliphatic rings. The lowest BCUT2D eigenvalue weighted by atomic mass is 9.95. The molecule has 0 spiro atoms. The van der Waals surface area contributed by atoms with E-state index < -0.39 is 0 Å². The van der Waals surface area contributed by atoms with Gasteiger partial charge in [0.2, 0.25) is 0 Å². The molecule has 0 aromatic carbocycles. The van der Waals surface area contributed by atoms with Gasteiger partial charge < -0.3 is 0 Å². The molecule has 0 bridgehead atoms. The van der Waals surface area contributed by atoms with Gasteiger partial charge in [0, 0.05) is 0 Å². The number of hydrogen-bond acceptors (Lipinski definition) is 1. The highest BCUT2D eigenvalue weighted by Gasteiger charge is 2.15. The van der Waals surface area contributed by atoms with Gasteiger partial charge >= 0.3 is 0 Å². The first kappa shape index (κ1) is 10.8. The molecule has 0 heterocycles. The summed E-state index contributed by atoms with van der Waals surface area (Å²) in [5, 5.41) is 0. The highest BCUT2D eigenvalue weighted by atomic mass is 32.2. The summed E-state index contributed by atoms with van der Waals surface area (Å²) in [5.41, 5.74) is 1.39. The second kappa shape index (κ2) is 4.01. The van der Waals surface area contributed by atoms with Crippen LogP contribution in [0.4, 0.5) is 0 Å².